The lowest BCUT2D eigenvalue weighted by Gasteiger charge is -2.17. The van der Waals surface area contributed by atoms with E-state index in [2.05, 4.69) is 4.90 Å². The van der Waals surface area contributed by atoms with E-state index < -0.39 is 0 Å². The van der Waals surface area contributed by atoms with Gasteiger partial charge in [-0.2, -0.15) is 0 Å². The molecule has 0 aromatic rings. The van der Waals surface area contributed by atoms with E-state index in [1.54, 1.807) is 0 Å². The van der Waals surface area contributed by atoms with Gasteiger partial charge in [-0.05, 0) is 6.42 Å². The zero-order valence-electron chi connectivity index (χ0n) is 6.58. The van der Waals surface area contributed by atoms with Crippen LogP contribution in [-0.4, -0.2) is 42.7 Å². The molecule has 11 heavy (non-hydrogen) atoms. The fourth-order valence-electron chi connectivity index (χ4n) is 1.18. The molecule has 1 aliphatic rings. The first-order chi connectivity index (χ1) is 5.29. The zero-order valence-corrected chi connectivity index (χ0v) is 7.40. The predicted molar refractivity (Wildman–Crippen MR) is 48.7 cm³/mol. The Morgan fingerprint density at radius 1 is 1.45 bits per heavy atom. The Morgan fingerprint density at radius 2 is 2.27 bits per heavy atom. The molecular weight excluding hydrogens is 160 g/mol. The lowest BCUT2D eigenvalue weighted by Crippen LogP contribution is -2.34. The van der Waals surface area contributed by atoms with E-state index in [1.165, 1.54) is 0 Å². The molecule has 0 spiro atoms. The van der Waals surface area contributed by atoms with E-state index in [4.69, 9.17) is 22.7 Å². The molecule has 3 nitrogen and oxygen atoms in total. The summed E-state index contributed by atoms with van der Waals surface area (Å²) in [6.07, 6.45) is 1.09. The van der Waals surface area contributed by atoms with Crippen molar-refractivity contribution in [3.63, 3.8) is 0 Å². The summed E-state index contributed by atoms with van der Waals surface area (Å²) in [7, 11) is 0. The molecule has 1 heterocycles. The van der Waals surface area contributed by atoms with Gasteiger partial charge >= 0.3 is 0 Å². The summed E-state index contributed by atoms with van der Waals surface area (Å²) in [5, 5.41) is 0. The van der Waals surface area contributed by atoms with Crippen molar-refractivity contribution in [2.75, 3.05) is 32.8 Å². The number of rotatable bonds is 2. The van der Waals surface area contributed by atoms with Crippen LogP contribution in [-0.2, 0) is 4.74 Å². The Hall–Kier alpha value is -0.190. The van der Waals surface area contributed by atoms with E-state index in [1.807, 2.05) is 0 Å². The second kappa shape index (κ2) is 4.64. The van der Waals surface area contributed by atoms with Crippen molar-refractivity contribution in [1.82, 2.24) is 4.90 Å². The van der Waals surface area contributed by atoms with Crippen LogP contribution in [0.5, 0.6) is 0 Å². The van der Waals surface area contributed by atoms with Crippen LogP contribution >= 0.6 is 12.2 Å². The quantitative estimate of drug-likeness (QED) is 0.598. The first-order valence-electron chi connectivity index (χ1n) is 3.87. The van der Waals surface area contributed by atoms with Gasteiger partial charge in [0.15, 0.2) is 0 Å². The summed E-state index contributed by atoms with van der Waals surface area (Å²) in [5.41, 5.74) is 5.42. The molecule has 0 radical (unpaired) electrons. The second-order valence-corrected chi connectivity index (χ2v) is 3.23. The molecule has 0 unspecified atom stereocenters. The van der Waals surface area contributed by atoms with Crippen LogP contribution in [0.25, 0.3) is 0 Å². The fraction of sp³-hybridized carbons (Fsp3) is 0.857. The molecule has 0 amide bonds. The highest BCUT2D eigenvalue weighted by Gasteiger charge is 2.08. The number of nitrogens with two attached hydrogens (primary N) is 1. The van der Waals surface area contributed by atoms with Gasteiger partial charge in [-0.3, -0.25) is 4.90 Å². The normalized spacial score (nSPS) is 21.1. The molecule has 0 saturated carbocycles. The van der Waals surface area contributed by atoms with Crippen LogP contribution in [0, 0.1) is 0 Å². The van der Waals surface area contributed by atoms with E-state index >= 15 is 0 Å². The molecule has 0 atom stereocenters. The lowest BCUT2D eigenvalue weighted by molar-refractivity contribution is 0.143. The lowest BCUT2D eigenvalue weighted by atomic mass is 10.4. The van der Waals surface area contributed by atoms with Gasteiger partial charge in [0.1, 0.15) is 0 Å². The molecule has 1 aliphatic heterocycles. The summed E-state index contributed by atoms with van der Waals surface area (Å²) >= 11 is 4.82. The Kier molecular flexibility index (Phi) is 3.76. The number of hydrogen-bond donors (Lipinski definition) is 1. The molecule has 1 rings (SSSR count). The van der Waals surface area contributed by atoms with Crippen LogP contribution in [0.3, 0.4) is 0 Å². The number of ether oxygens (including phenoxy) is 1. The zero-order chi connectivity index (χ0) is 8.10. The highest BCUT2D eigenvalue weighted by molar-refractivity contribution is 7.80. The number of nitrogens with zero attached hydrogens (tertiary/aromatic N) is 1. The van der Waals surface area contributed by atoms with Crippen molar-refractivity contribution in [2.24, 2.45) is 5.73 Å². The van der Waals surface area contributed by atoms with Crippen LogP contribution in [0.1, 0.15) is 6.42 Å². The van der Waals surface area contributed by atoms with Gasteiger partial charge in [-0.1, -0.05) is 12.2 Å². The molecule has 1 saturated heterocycles. The van der Waals surface area contributed by atoms with E-state index in [0.717, 1.165) is 39.3 Å². The van der Waals surface area contributed by atoms with Crippen LogP contribution < -0.4 is 5.73 Å². The third-order valence-corrected chi connectivity index (χ3v) is 1.82. The SMILES string of the molecule is NC(=S)CN1CCCOCC1. The average Bonchev–Trinajstić information content (AvgIpc) is 2.14. The predicted octanol–water partition coefficient (Wildman–Crippen LogP) is -0.00520. The largest absolute Gasteiger partial charge is 0.392 e. The minimum absolute atomic E-state index is 0.576. The van der Waals surface area contributed by atoms with Crippen LogP contribution in [0.2, 0.25) is 0 Å². The van der Waals surface area contributed by atoms with Gasteiger partial charge in [-0.25, -0.2) is 0 Å². The smallest absolute Gasteiger partial charge is 0.0870 e. The van der Waals surface area contributed by atoms with Gasteiger partial charge in [0, 0.05) is 26.2 Å². The Labute approximate surface area is 72.5 Å². The summed E-state index contributed by atoms with van der Waals surface area (Å²) in [6, 6.07) is 0. The van der Waals surface area contributed by atoms with E-state index in [-0.39, 0.29) is 0 Å². The topological polar surface area (TPSA) is 38.5 Å². The maximum atomic E-state index is 5.42. The molecule has 64 valence electrons. The fourth-order valence-corrected chi connectivity index (χ4v) is 1.36. The summed E-state index contributed by atoms with van der Waals surface area (Å²) in [6.45, 7) is 4.42. The van der Waals surface area contributed by atoms with Crippen molar-refractivity contribution in [3.05, 3.63) is 0 Å². The van der Waals surface area contributed by atoms with Crippen molar-refractivity contribution < 1.29 is 4.74 Å². The highest BCUT2D eigenvalue weighted by atomic mass is 32.1. The summed E-state index contributed by atoms with van der Waals surface area (Å²) < 4.78 is 5.28. The Balaban J connectivity index is 2.25. The van der Waals surface area contributed by atoms with Crippen molar-refractivity contribution in [2.45, 2.75) is 6.42 Å². The molecule has 0 aliphatic carbocycles. The molecule has 0 aromatic carbocycles. The molecule has 2 N–H and O–H groups in total. The van der Waals surface area contributed by atoms with Crippen molar-refractivity contribution in [3.8, 4) is 0 Å². The molecule has 0 aromatic heterocycles. The molecular formula is C7H14N2OS. The van der Waals surface area contributed by atoms with Crippen molar-refractivity contribution in [1.29, 1.82) is 0 Å². The van der Waals surface area contributed by atoms with Gasteiger partial charge in [0.05, 0.1) is 11.6 Å². The maximum absolute atomic E-state index is 5.42. The number of thiocarbonyl (C=S) groups is 1. The highest BCUT2D eigenvalue weighted by Crippen LogP contribution is 1.97. The first kappa shape index (κ1) is 8.90. The third kappa shape index (κ3) is 3.65. The standard InChI is InChI=1S/C7H14N2OS/c8-7(11)6-9-2-1-4-10-5-3-9/h1-6H2,(H2,8,11). The van der Waals surface area contributed by atoms with E-state index in [9.17, 15) is 0 Å². The summed E-state index contributed by atoms with van der Waals surface area (Å²) in [4.78, 5) is 2.81. The minimum Gasteiger partial charge on any atom is -0.392 e. The van der Waals surface area contributed by atoms with Gasteiger partial charge in [0.25, 0.3) is 0 Å². The van der Waals surface area contributed by atoms with Gasteiger partial charge in [-0.15, -0.1) is 0 Å². The van der Waals surface area contributed by atoms with Gasteiger partial charge < -0.3 is 10.5 Å². The summed E-state index contributed by atoms with van der Waals surface area (Å²) in [5.74, 6) is 0. The molecule has 0 bridgehead atoms. The average molecular weight is 174 g/mol. The Bertz CT molecular complexity index is 132. The monoisotopic (exact) mass is 174 g/mol. The maximum Gasteiger partial charge on any atom is 0.0870 e. The third-order valence-electron chi connectivity index (χ3n) is 1.69. The van der Waals surface area contributed by atoms with Crippen molar-refractivity contribution >= 4 is 17.2 Å². The second-order valence-electron chi connectivity index (χ2n) is 2.71. The molecule has 1 fully saturated rings. The minimum atomic E-state index is 0.576. The van der Waals surface area contributed by atoms with Crippen LogP contribution in [0.15, 0.2) is 0 Å². The first-order valence-corrected chi connectivity index (χ1v) is 4.28. The Morgan fingerprint density at radius 3 is 3.00 bits per heavy atom. The van der Waals surface area contributed by atoms with E-state index in [0.29, 0.717) is 4.99 Å². The van der Waals surface area contributed by atoms with Gasteiger partial charge in [0.2, 0.25) is 0 Å². The van der Waals surface area contributed by atoms with Crippen LogP contribution in [0.4, 0.5) is 0 Å². The molecule has 4 heteroatoms. The number of hydrogen-bond acceptors (Lipinski definition) is 3.